The van der Waals surface area contributed by atoms with E-state index in [2.05, 4.69) is 26.2 Å². The predicted octanol–water partition coefficient (Wildman–Crippen LogP) is 2.90. The molecule has 0 radical (unpaired) electrons. The predicted molar refractivity (Wildman–Crippen MR) is 66.5 cm³/mol. The van der Waals surface area contributed by atoms with E-state index in [4.69, 9.17) is 5.11 Å². The first kappa shape index (κ1) is 13.0. The van der Waals surface area contributed by atoms with Crippen LogP contribution in [0.2, 0.25) is 0 Å². The number of carboxylic acids is 1. The van der Waals surface area contributed by atoms with Crippen LogP contribution in [0.25, 0.3) is 0 Å². The third-order valence-corrected chi connectivity index (χ3v) is 2.54. The highest BCUT2D eigenvalue weighted by Crippen LogP contribution is 2.13. The molecule has 0 aliphatic carbocycles. The fourth-order valence-electron chi connectivity index (χ4n) is 1.32. The molecule has 5 heteroatoms. The van der Waals surface area contributed by atoms with Gasteiger partial charge in [-0.05, 0) is 34.8 Å². The average Bonchev–Trinajstić information content (AvgIpc) is 2.23. The van der Waals surface area contributed by atoms with Crippen LogP contribution in [-0.2, 0) is 4.79 Å². The molecule has 4 nitrogen and oxygen atoms in total. The van der Waals surface area contributed by atoms with Gasteiger partial charge in [-0.3, -0.25) is 9.78 Å². The number of hydrogen-bond donors (Lipinski definition) is 2. The lowest BCUT2D eigenvalue weighted by Gasteiger charge is -2.05. The van der Waals surface area contributed by atoms with Crippen molar-refractivity contribution in [2.75, 3.05) is 11.9 Å². The summed E-state index contributed by atoms with van der Waals surface area (Å²) < 4.78 is 0.948. The van der Waals surface area contributed by atoms with Gasteiger partial charge in [-0.2, -0.15) is 0 Å². The van der Waals surface area contributed by atoms with Crippen LogP contribution in [0.1, 0.15) is 25.7 Å². The summed E-state index contributed by atoms with van der Waals surface area (Å²) in [5.41, 5.74) is 0.979. The van der Waals surface area contributed by atoms with Crippen LogP contribution in [0.15, 0.2) is 22.9 Å². The first-order valence-corrected chi connectivity index (χ1v) is 6.04. The number of nitrogens with zero attached hydrogens (tertiary/aromatic N) is 1. The zero-order valence-electron chi connectivity index (χ0n) is 8.95. The van der Waals surface area contributed by atoms with Gasteiger partial charge in [0.2, 0.25) is 0 Å². The second-order valence-corrected chi connectivity index (χ2v) is 4.44. The highest BCUT2D eigenvalue weighted by molar-refractivity contribution is 9.10. The first-order chi connectivity index (χ1) is 7.68. The minimum absolute atomic E-state index is 0.262. The Morgan fingerprint density at radius 3 is 2.88 bits per heavy atom. The van der Waals surface area contributed by atoms with Crippen molar-refractivity contribution in [2.45, 2.75) is 25.7 Å². The molecule has 16 heavy (non-hydrogen) atoms. The van der Waals surface area contributed by atoms with Crippen molar-refractivity contribution in [2.24, 2.45) is 0 Å². The van der Waals surface area contributed by atoms with Crippen LogP contribution in [-0.4, -0.2) is 22.6 Å². The van der Waals surface area contributed by atoms with E-state index >= 15 is 0 Å². The summed E-state index contributed by atoms with van der Waals surface area (Å²) in [5.74, 6) is -0.718. The Bertz CT molecular complexity index is 345. The molecule has 1 aromatic heterocycles. The van der Waals surface area contributed by atoms with Crippen molar-refractivity contribution >= 4 is 27.6 Å². The normalized spacial score (nSPS) is 10.1. The molecule has 0 unspecified atom stereocenters. The number of aromatic nitrogens is 1. The molecular weight excluding hydrogens is 272 g/mol. The summed E-state index contributed by atoms with van der Waals surface area (Å²) >= 11 is 3.34. The number of carboxylic acid groups (broad SMARTS) is 1. The fraction of sp³-hybridized carbons (Fsp3) is 0.455. The van der Waals surface area contributed by atoms with Crippen LogP contribution >= 0.6 is 15.9 Å². The standard InChI is InChI=1S/C11H15BrN2O2/c12-9-6-10(8-13-7-9)14-5-3-1-2-4-11(15)16/h6-8,14H,1-5H2,(H,15,16). The van der Waals surface area contributed by atoms with Gasteiger partial charge in [-0.25, -0.2) is 0 Å². The van der Waals surface area contributed by atoms with Crippen molar-refractivity contribution in [3.8, 4) is 0 Å². The van der Waals surface area contributed by atoms with Crippen molar-refractivity contribution in [3.63, 3.8) is 0 Å². The molecule has 0 amide bonds. The maximum absolute atomic E-state index is 10.3. The van der Waals surface area contributed by atoms with E-state index in [1.807, 2.05) is 6.07 Å². The van der Waals surface area contributed by atoms with E-state index in [1.54, 1.807) is 12.4 Å². The largest absolute Gasteiger partial charge is 0.481 e. The molecule has 0 aliphatic heterocycles. The molecule has 0 saturated heterocycles. The van der Waals surface area contributed by atoms with Crippen molar-refractivity contribution in [1.82, 2.24) is 4.98 Å². The van der Waals surface area contributed by atoms with Crippen LogP contribution in [0.4, 0.5) is 5.69 Å². The molecule has 88 valence electrons. The second-order valence-electron chi connectivity index (χ2n) is 3.52. The molecule has 1 rings (SSSR count). The molecular formula is C11H15BrN2O2. The molecule has 0 fully saturated rings. The Balaban J connectivity index is 2.09. The lowest BCUT2D eigenvalue weighted by Crippen LogP contribution is -2.02. The summed E-state index contributed by atoms with van der Waals surface area (Å²) in [5, 5.41) is 11.7. The fourth-order valence-corrected chi connectivity index (χ4v) is 1.68. The lowest BCUT2D eigenvalue weighted by molar-refractivity contribution is -0.137. The molecule has 0 spiro atoms. The number of rotatable bonds is 7. The quantitative estimate of drug-likeness (QED) is 0.757. The monoisotopic (exact) mass is 286 g/mol. The van der Waals surface area contributed by atoms with E-state index in [0.717, 1.165) is 36.0 Å². The molecule has 1 aromatic rings. The maximum Gasteiger partial charge on any atom is 0.303 e. The van der Waals surface area contributed by atoms with E-state index in [-0.39, 0.29) is 6.42 Å². The third-order valence-electron chi connectivity index (χ3n) is 2.10. The van der Waals surface area contributed by atoms with Gasteiger partial charge in [0.05, 0.1) is 11.9 Å². The smallest absolute Gasteiger partial charge is 0.303 e. The highest BCUT2D eigenvalue weighted by Gasteiger charge is 1.97. The van der Waals surface area contributed by atoms with Gasteiger partial charge < -0.3 is 10.4 Å². The number of anilines is 1. The number of unbranched alkanes of at least 4 members (excludes halogenated alkanes) is 2. The number of hydrogen-bond acceptors (Lipinski definition) is 3. The number of pyridine rings is 1. The molecule has 0 aliphatic rings. The molecule has 1 heterocycles. The highest BCUT2D eigenvalue weighted by atomic mass is 79.9. The van der Waals surface area contributed by atoms with Crippen molar-refractivity contribution in [3.05, 3.63) is 22.9 Å². The van der Waals surface area contributed by atoms with Crippen LogP contribution in [0.3, 0.4) is 0 Å². The number of halogens is 1. The Labute approximate surface area is 103 Å². The maximum atomic E-state index is 10.3. The third kappa shape index (κ3) is 5.70. The average molecular weight is 287 g/mol. The Hall–Kier alpha value is -1.10. The Kier molecular flexibility index (Phi) is 5.85. The SMILES string of the molecule is O=C(O)CCCCCNc1cncc(Br)c1. The van der Waals surface area contributed by atoms with Gasteiger partial charge in [0.1, 0.15) is 0 Å². The van der Waals surface area contributed by atoms with Gasteiger partial charge in [-0.15, -0.1) is 0 Å². The van der Waals surface area contributed by atoms with Gasteiger partial charge >= 0.3 is 5.97 Å². The van der Waals surface area contributed by atoms with E-state index in [1.165, 1.54) is 0 Å². The van der Waals surface area contributed by atoms with Gasteiger partial charge in [0, 0.05) is 23.6 Å². The van der Waals surface area contributed by atoms with Gasteiger partial charge in [0.25, 0.3) is 0 Å². The summed E-state index contributed by atoms with van der Waals surface area (Å²) in [6, 6.07) is 1.96. The van der Waals surface area contributed by atoms with Crippen molar-refractivity contribution in [1.29, 1.82) is 0 Å². The van der Waals surface area contributed by atoms with Gasteiger partial charge in [-0.1, -0.05) is 6.42 Å². The van der Waals surface area contributed by atoms with E-state index < -0.39 is 5.97 Å². The van der Waals surface area contributed by atoms with Crippen LogP contribution in [0, 0.1) is 0 Å². The molecule has 0 atom stereocenters. The lowest BCUT2D eigenvalue weighted by atomic mass is 10.2. The number of nitrogens with one attached hydrogen (secondary N) is 1. The van der Waals surface area contributed by atoms with Crippen molar-refractivity contribution < 1.29 is 9.90 Å². The summed E-state index contributed by atoms with van der Waals surface area (Å²) in [6.07, 6.45) is 6.41. The summed E-state index contributed by atoms with van der Waals surface area (Å²) in [6.45, 7) is 0.845. The van der Waals surface area contributed by atoms with Crippen LogP contribution in [0.5, 0.6) is 0 Å². The minimum atomic E-state index is -0.718. The molecule has 0 bridgehead atoms. The summed E-state index contributed by atoms with van der Waals surface area (Å²) in [4.78, 5) is 14.3. The zero-order valence-corrected chi connectivity index (χ0v) is 10.5. The second kappa shape index (κ2) is 7.22. The van der Waals surface area contributed by atoms with E-state index in [9.17, 15) is 4.79 Å². The molecule has 0 aromatic carbocycles. The number of aliphatic carboxylic acids is 1. The minimum Gasteiger partial charge on any atom is -0.481 e. The Morgan fingerprint density at radius 2 is 2.19 bits per heavy atom. The molecule has 0 saturated carbocycles. The molecule has 2 N–H and O–H groups in total. The van der Waals surface area contributed by atoms with Crippen LogP contribution < -0.4 is 5.32 Å². The Morgan fingerprint density at radius 1 is 1.38 bits per heavy atom. The summed E-state index contributed by atoms with van der Waals surface area (Å²) in [7, 11) is 0. The zero-order chi connectivity index (χ0) is 11.8. The van der Waals surface area contributed by atoms with E-state index in [0.29, 0.717) is 0 Å². The number of carbonyl (C=O) groups is 1. The first-order valence-electron chi connectivity index (χ1n) is 5.24. The topological polar surface area (TPSA) is 62.2 Å². The van der Waals surface area contributed by atoms with Gasteiger partial charge in [0.15, 0.2) is 0 Å².